The molecule has 1 heterocycles. The van der Waals surface area contributed by atoms with Crippen molar-refractivity contribution in [1.29, 1.82) is 0 Å². The van der Waals surface area contributed by atoms with E-state index in [1.54, 1.807) is 18.2 Å². The fourth-order valence-electron chi connectivity index (χ4n) is 3.61. The first-order valence-corrected chi connectivity index (χ1v) is 20.0. The number of fused-ring (bicyclic) bond motifs is 1. The SMILES string of the molecule is C[Si](C)(C)CCOCOc1cccc2c1nc(-c1cccc(C(=O)O)c1F)c(=O)n2COCC[Si](C)(C)C. The number of halogens is 1. The number of carboxylic acids is 1. The molecule has 8 nitrogen and oxygen atoms in total. The number of ether oxygens (including phenoxy) is 3. The van der Waals surface area contributed by atoms with Crippen LogP contribution in [0.5, 0.6) is 5.75 Å². The Kier molecular flexibility index (Phi) is 9.63. The highest BCUT2D eigenvalue weighted by Crippen LogP contribution is 2.28. The summed E-state index contributed by atoms with van der Waals surface area (Å²) in [6.07, 6.45) is 0. The van der Waals surface area contributed by atoms with Crippen molar-refractivity contribution in [3.63, 3.8) is 0 Å². The van der Waals surface area contributed by atoms with E-state index in [0.29, 0.717) is 30.0 Å². The number of para-hydroxylation sites is 1. The third-order valence-electron chi connectivity index (χ3n) is 5.94. The van der Waals surface area contributed by atoms with E-state index >= 15 is 4.39 Å². The van der Waals surface area contributed by atoms with Crippen molar-refractivity contribution in [2.24, 2.45) is 0 Å². The molecule has 2 aromatic carbocycles. The summed E-state index contributed by atoms with van der Waals surface area (Å²) >= 11 is 0. The van der Waals surface area contributed by atoms with Crippen LogP contribution in [-0.2, 0) is 16.2 Å². The summed E-state index contributed by atoms with van der Waals surface area (Å²) in [5.41, 5.74) is -0.764. The second-order valence-electron chi connectivity index (χ2n) is 11.6. The normalized spacial score (nSPS) is 12.2. The predicted molar refractivity (Wildman–Crippen MR) is 152 cm³/mol. The fourth-order valence-corrected chi connectivity index (χ4v) is 5.13. The van der Waals surface area contributed by atoms with Crippen LogP contribution in [0.1, 0.15) is 10.4 Å². The van der Waals surface area contributed by atoms with Crippen molar-refractivity contribution >= 4 is 33.2 Å². The number of aromatic nitrogens is 2. The van der Waals surface area contributed by atoms with Crippen molar-refractivity contribution in [2.75, 3.05) is 20.0 Å². The molecule has 0 saturated carbocycles. The van der Waals surface area contributed by atoms with E-state index in [1.807, 2.05) is 0 Å². The molecular formula is C27H37FN2O6Si2. The molecule has 0 aliphatic heterocycles. The highest BCUT2D eigenvalue weighted by Gasteiger charge is 2.22. The third kappa shape index (κ3) is 7.82. The van der Waals surface area contributed by atoms with Crippen LogP contribution in [0.4, 0.5) is 4.39 Å². The lowest BCUT2D eigenvalue weighted by atomic mass is 10.1. The van der Waals surface area contributed by atoms with Gasteiger partial charge < -0.3 is 19.3 Å². The van der Waals surface area contributed by atoms with E-state index in [-0.39, 0.29) is 24.8 Å². The van der Waals surface area contributed by atoms with Gasteiger partial charge in [-0.3, -0.25) is 9.36 Å². The lowest BCUT2D eigenvalue weighted by Crippen LogP contribution is -2.27. The molecule has 0 saturated heterocycles. The number of carbonyl (C=O) groups is 1. The van der Waals surface area contributed by atoms with Gasteiger partial charge in [-0.25, -0.2) is 14.2 Å². The van der Waals surface area contributed by atoms with Crippen LogP contribution in [0.3, 0.4) is 0 Å². The molecule has 0 aliphatic carbocycles. The second kappa shape index (κ2) is 12.3. The second-order valence-corrected chi connectivity index (χ2v) is 22.9. The molecule has 11 heteroatoms. The number of carboxylic acid groups (broad SMARTS) is 1. The molecule has 1 N–H and O–H groups in total. The van der Waals surface area contributed by atoms with Crippen LogP contribution in [0.2, 0.25) is 51.4 Å². The molecule has 206 valence electrons. The molecule has 3 aromatic rings. The Bertz CT molecular complexity index is 1350. The van der Waals surface area contributed by atoms with Crippen LogP contribution in [0.25, 0.3) is 22.3 Å². The maximum Gasteiger partial charge on any atom is 0.338 e. The molecular weight excluding hydrogens is 523 g/mol. The van der Waals surface area contributed by atoms with Crippen LogP contribution >= 0.6 is 0 Å². The Morgan fingerprint density at radius 3 is 2.24 bits per heavy atom. The van der Waals surface area contributed by atoms with Gasteiger partial charge in [-0.2, -0.15) is 0 Å². The molecule has 3 rings (SSSR count). The highest BCUT2D eigenvalue weighted by molar-refractivity contribution is 6.76. The zero-order valence-corrected chi connectivity index (χ0v) is 25.0. The molecule has 38 heavy (non-hydrogen) atoms. The molecule has 0 unspecified atom stereocenters. The first-order valence-electron chi connectivity index (χ1n) is 12.6. The van der Waals surface area contributed by atoms with Gasteiger partial charge in [0.15, 0.2) is 6.79 Å². The summed E-state index contributed by atoms with van der Waals surface area (Å²) in [4.78, 5) is 29.6. The monoisotopic (exact) mass is 560 g/mol. The Morgan fingerprint density at radius 1 is 0.974 bits per heavy atom. The lowest BCUT2D eigenvalue weighted by Gasteiger charge is -2.18. The van der Waals surface area contributed by atoms with Gasteiger partial charge in [0.2, 0.25) is 0 Å². The van der Waals surface area contributed by atoms with Gasteiger partial charge in [0.1, 0.15) is 29.5 Å². The number of hydrogen-bond donors (Lipinski definition) is 1. The maximum absolute atomic E-state index is 15.2. The van der Waals surface area contributed by atoms with Gasteiger partial charge in [-0.1, -0.05) is 51.4 Å². The zero-order valence-electron chi connectivity index (χ0n) is 23.0. The van der Waals surface area contributed by atoms with Crippen molar-refractivity contribution in [2.45, 2.75) is 58.1 Å². The van der Waals surface area contributed by atoms with E-state index in [1.165, 1.54) is 16.7 Å². The molecule has 0 atom stereocenters. The molecule has 0 spiro atoms. The average molecular weight is 561 g/mol. The lowest BCUT2D eigenvalue weighted by molar-refractivity contribution is 0.0228. The van der Waals surface area contributed by atoms with E-state index in [9.17, 15) is 14.7 Å². The topological polar surface area (TPSA) is 99.9 Å². The number of aromatic carboxylic acids is 1. The summed E-state index contributed by atoms with van der Waals surface area (Å²) in [6, 6.07) is 10.9. The number of nitrogens with zero attached hydrogens (tertiary/aromatic N) is 2. The quantitative estimate of drug-likeness (QED) is 0.158. The summed E-state index contributed by atoms with van der Waals surface area (Å²) in [5.74, 6) is -2.09. The van der Waals surface area contributed by atoms with E-state index in [0.717, 1.165) is 18.2 Å². The third-order valence-corrected chi connectivity index (χ3v) is 9.34. The first kappa shape index (κ1) is 29.7. The van der Waals surface area contributed by atoms with E-state index in [4.69, 9.17) is 14.2 Å². The van der Waals surface area contributed by atoms with Crippen LogP contribution in [-0.4, -0.2) is 56.8 Å². The molecule has 0 aliphatic rings. The van der Waals surface area contributed by atoms with Gasteiger partial charge in [0.25, 0.3) is 5.56 Å². The fraction of sp³-hybridized carbons (Fsp3) is 0.444. The molecule has 0 bridgehead atoms. The van der Waals surface area contributed by atoms with Crippen molar-refractivity contribution in [1.82, 2.24) is 9.55 Å². The maximum atomic E-state index is 15.2. The van der Waals surface area contributed by atoms with Crippen molar-refractivity contribution in [3.8, 4) is 17.0 Å². The van der Waals surface area contributed by atoms with Gasteiger partial charge in [0.05, 0.1) is 11.1 Å². The Hall–Kier alpha value is -2.87. The smallest absolute Gasteiger partial charge is 0.338 e. The van der Waals surface area contributed by atoms with Crippen molar-refractivity contribution in [3.05, 3.63) is 58.1 Å². The molecule has 0 radical (unpaired) electrons. The van der Waals surface area contributed by atoms with Gasteiger partial charge in [-0.05, 0) is 36.4 Å². The number of hydrogen-bond acceptors (Lipinski definition) is 6. The zero-order chi connectivity index (χ0) is 28.1. The van der Waals surface area contributed by atoms with Crippen LogP contribution in [0, 0.1) is 5.82 Å². The van der Waals surface area contributed by atoms with E-state index in [2.05, 4.69) is 44.3 Å². The summed E-state index contributed by atoms with van der Waals surface area (Å²) in [5, 5.41) is 9.38. The number of benzene rings is 2. The minimum atomic E-state index is -1.43. The largest absolute Gasteiger partial charge is 0.478 e. The van der Waals surface area contributed by atoms with Gasteiger partial charge >= 0.3 is 5.97 Å². The van der Waals surface area contributed by atoms with Crippen molar-refractivity contribution < 1.29 is 28.5 Å². The van der Waals surface area contributed by atoms with Gasteiger partial charge in [-0.15, -0.1) is 0 Å². The summed E-state index contributed by atoms with van der Waals surface area (Å²) in [6.45, 7) is 14.5. The summed E-state index contributed by atoms with van der Waals surface area (Å²) in [7, 11) is -2.61. The predicted octanol–water partition coefficient (Wildman–Crippen LogP) is 5.90. The van der Waals surface area contributed by atoms with Crippen LogP contribution < -0.4 is 10.3 Å². The summed E-state index contributed by atoms with van der Waals surface area (Å²) < 4.78 is 34.0. The Labute approximate surface area is 224 Å². The molecule has 0 amide bonds. The minimum Gasteiger partial charge on any atom is -0.478 e. The Balaban J connectivity index is 2.04. The highest BCUT2D eigenvalue weighted by atomic mass is 28.3. The number of rotatable bonds is 13. The standard InChI is InChI=1S/C27H37FN2O6Si2/c1-37(2,3)15-13-34-17-30-21-11-8-12-22(36-18-35-14-16-38(4,5)6)25(21)29-24(26(30)31)19-9-7-10-20(23(19)28)27(32)33/h7-12H,13-18H2,1-6H3,(H,32,33). The molecule has 1 aromatic heterocycles. The Morgan fingerprint density at radius 2 is 1.61 bits per heavy atom. The minimum absolute atomic E-state index is 0.00466. The van der Waals surface area contributed by atoms with E-state index < -0.39 is 39.1 Å². The first-order chi connectivity index (χ1) is 17.8. The van der Waals surface area contributed by atoms with Crippen LogP contribution in [0.15, 0.2) is 41.2 Å². The molecule has 0 fully saturated rings. The average Bonchev–Trinajstić information content (AvgIpc) is 2.81. The van der Waals surface area contributed by atoms with Gasteiger partial charge in [0, 0.05) is 34.9 Å².